The lowest BCUT2D eigenvalue weighted by atomic mass is 9.85. The number of carbonyl (C=O) groups is 2. The molecule has 6 nitrogen and oxygen atoms in total. The second-order valence-corrected chi connectivity index (χ2v) is 11.5. The summed E-state index contributed by atoms with van der Waals surface area (Å²) in [6.45, 7) is 3.82. The minimum atomic E-state index is -0.506. The monoisotopic (exact) mass is 488 g/mol. The first-order valence-electron chi connectivity index (χ1n) is 9.46. The summed E-state index contributed by atoms with van der Waals surface area (Å²) in [6, 6.07) is 11.1. The van der Waals surface area contributed by atoms with Gasteiger partial charge in [-0.15, -0.1) is 47.9 Å². The van der Waals surface area contributed by atoms with Gasteiger partial charge in [-0.2, -0.15) is 0 Å². The number of nitrogens with one attached hydrogen (secondary N) is 2. The maximum absolute atomic E-state index is 12.6. The highest BCUT2D eigenvalue weighted by Gasteiger charge is 2.26. The number of hydrogen-bond donors (Lipinski definition) is 4. The van der Waals surface area contributed by atoms with Crippen LogP contribution >= 0.6 is 47.9 Å². The molecule has 2 amide bonds. The Balaban J connectivity index is 1.35. The molecule has 2 heterocycles. The summed E-state index contributed by atoms with van der Waals surface area (Å²) in [7, 11) is 0. The van der Waals surface area contributed by atoms with Gasteiger partial charge in [0.15, 0.2) is 0 Å². The number of anilines is 2. The minimum absolute atomic E-state index is 0.139. The maximum atomic E-state index is 12.6. The molecule has 0 atom stereocenters. The van der Waals surface area contributed by atoms with Gasteiger partial charge in [-0.25, -0.2) is 9.97 Å². The summed E-state index contributed by atoms with van der Waals surface area (Å²) in [5.74, 6) is -0.277. The molecule has 0 aliphatic rings. The molecule has 2 N–H and O–H groups in total. The zero-order valence-corrected chi connectivity index (χ0v) is 20.2. The van der Waals surface area contributed by atoms with Crippen molar-refractivity contribution in [3.05, 3.63) is 36.4 Å². The number of rotatable bonds is 6. The van der Waals surface area contributed by atoms with Crippen molar-refractivity contribution >= 4 is 91.6 Å². The van der Waals surface area contributed by atoms with E-state index in [1.54, 1.807) is 0 Å². The lowest BCUT2D eigenvalue weighted by molar-refractivity contribution is -0.120. The standard InChI is InChI=1S/C21H20N4O2S4/c1-21(2,9-17(26)22-11-3-5-13-15(7-11)30-19(28)24-13)10-18(27)23-12-4-6-14-16(8-12)31-20(29)25-14/h3-8H,9-10H2,1-2H3,(H,22,26)(H,23,27)(H,24,28)(H,25,29). The first kappa shape index (κ1) is 22.1. The molecule has 2 aromatic carbocycles. The summed E-state index contributed by atoms with van der Waals surface area (Å²) in [6.07, 6.45) is 0.436. The Bertz CT molecular complexity index is 1200. The number of fused-ring (bicyclic) bond motifs is 2. The van der Waals surface area contributed by atoms with E-state index < -0.39 is 5.41 Å². The molecule has 160 valence electrons. The van der Waals surface area contributed by atoms with Crippen LogP contribution in [0.3, 0.4) is 0 Å². The van der Waals surface area contributed by atoms with E-state index in [0.717, 1.165) is 20.4 Å². The highest BCUT2D eigenvalue weighted by atomic mass is 32.2. The first-order chi connectivity index (χ1) is 14.7. The molecule has 0 aliphatic heterocycles. The summed E-state index contributed by atoms with van der Waals surface area (Å²) in [5, 5.41) is 5.83. The van der Waals surface area contributed by atoms with E-state index in [0.29, 0.717) is 20.1 Å². The number of nitrogens with zero attached hydrogens (tertiary/aromatic N) is 2. The van der Waals surface area contributed by atoms with Crippen molar-refractivity contribution in [2.45, 2.75) is 35.4 Å². The summed E-state index contributed by atoms with van der Waals surface area (Å²) >= 11 is 11.4. The van der Waals surface area contributed by atoms with Gasteiger partial charge >= 0.3 is 0 Å². The highest BCUT2D eigenvalue weighted by molar-refractivity contribution is 7.83. The van der Waals surface area contributed by atoms with Crippen LogP contribution in [0.25, 0.3) is 20.4 Å². The van der Waals surface area contributed by atoms with E-state index in [2.05, 4.69) is 45.9 Å². The van der Waals surface area contributed by atoms with E-state index >= 15 is 0 Å². The molecule has 0 radical (unpaired) electrons. The van der Waals surface area contributed by atoms with Crippen molar-refractivity contribution in [1.82, 2.24) is 9.97 Å². The fraction of sp³-hybridized carbons (Fsp3) is 0.238. The van der Waals surface area contributed by atoms with Gasteiger partial charge in [-0.1, -0.05) is 13.8 Å². The molecule has 0 aliphatic carbocycles. The van der Waals surface area contributed by atoms with Crippen LogP contribution in [0, 0.1) is 5.41 Å². The third kappa shape index (κ3) is 5.57. The molecule has 0 saturated carbocycles. The van der Waals surface area contributed by atoms with E-state index in [1.807, 2.05) is 50.2 Å². The van der Waals surface area contributed by atoms with Gasteiger partial charge in [0.2, 0.25) is 11.8 Å². The lowest BCUT2D eigenvalue weighted by Crippen LogP contribution is -2.27. The largest absolute Gasteiger partial charge is 0.326 e. The Morgan fingerprint density at radius 1 is 0.839 bits per heavy atom. The predicted octanol–water partition coefficient (Wildman–Crippen LogP) is 5.87. The quantitative estimate of drug-likeness (QED) is 0.256. The van der Waals surface area contributed by atoms with Crippen LogP contribution < -0.4 is 10.6 Å². The van der Waals surface area contributed by atoms with Gasteiger partial charge < -0.3 is 10.6 Å². The highest BCUT2D eigenvalue weighted by Crippen LogP contribution is 2.30. The third-order valence-corrected chi connectivity index (χ3v) is 6.99. The zero-order valence-electron chi connectivity index (χ0n) is 16.8. The van der Waals surface area contributed by atoms with E-state index in [-0.39, 0.29) is 24.7 Å². The first-order valence-corrected chi connectivity index (χ1v) is 12.0. The van der Waals surface area contributed by atoms with Gasteiger partial charge in [0.05, 0.1) is 20.4 Å². The number of thiazole rings is 2. The van der Waals surface area contributed by atoms with Crippen molar-refractivity contribution in [3.63, 3.8) is 0 Å². The Morgan fingerprint density at radius 2 is 1.26 bits per heavy atom. The normalized spacial score (nSPS) is 11.7. The van der Waals surface area contributed by atoms with Crippen LogP contribution in [0.4, 0.5) is 11.4 Å². The van der Waals surface area contributed by atoms with Crippen LogP contribution in [-0.2, 0) is 9.59 Å². The van der Waals surface area contributed by atoms with Crippen molar-refractivity contribution in [1.29, 1.82) is 0 Å². The molecular weight excluding hydrogens is 469 g/mol. The molecule has 4 aromatic rings. The van der Waals surface area contributed by atoms with E-state index in [4.69, 9.17) is 0 Å². The average Bonchev–Trinajstić information content (AvgIpc) is 3.19. The summed E-state index contributed by atoms with van der Waals surface area (Å²) < 4.78 is 3.30. The molecule has 0 unspecified atom stereocenters. The van der Waals surface area contributed by atoms with Crippen LogP contribution in [-0.4, -0.2) is 21.8 Å². The van der Waals surface area contributed by atoms with Gasteiger partial charge in [-0.05, 0) is 41.8 Å². The second kappa shape index (κ2) is 8.78. The number of hydrogen-bond acceptors (Lipinski definition) is 8. The summed E-state index contributed by atoms with van der Waals surface area (Å²) in [4.78, 5) is 33.7. The van der Waals surface area contributed by atoms with Gasteiger partial charge in [0, 0.05) is 24.2 Å². The smallest absolute Gasteiger partial charge is 0.224 e. The minimum Gasteiger partial charge on any atom is -0.326 e. The van der Waals surface area contributed by atoms with Crippen LogP contribution in [0.15, 0.2) is 45.1 Å². The van der Waals surface area contributed by atoms with Crippen LogP contribution in [0.1, 0.15) is 26.7 Å². The van der Waals surface area contributed by atoms with Crippen LogP contribution in [0.2, 0.25) is 0 Å². The van der Waals surface area contributed by atoms with Crippen LogP contribution in [0.5, 0.6) is 0 Å². The Morgan fingerprint density at radius 3 is 1.68 bits per heavy atom. The Labute approximate surface area is 198 Å². The van der Waals surface area contributed by atoms with E-state index in [9.17, 15) is 9.59 Å². The molecular formula is C21H20N4O2S4. The Kier molecular flexibility index (Phi) is 6.25. The molecule has 10 heteroatoms. The molecule has 0 saturated heterocycles. The van der Waals surface area contributed by atoms with Gasteiger partial charge in [0.25, 0.3) is 0 Å². The number of thiol groups is 2. The zero-order chi connectivity index (χ0) is 22.2. The van der Waals surface area contributed by atoms with E-state index in [1.165, 1.54) is 22.7 Å². The summed E-state index contributed by atoms with van der Waals surface area (Å²) in [5.41, 5.74) is 2.61. The second-order valence-electron chi connectivity index (χ2n) is 7.97. The predicted molar refractivity (Wildman–Crippen MR) is 134 cm³/mol. The fourth-order valence-corrected chi connectivity index (χ4v) is 5.62. The molecule has 0 spiro atoms. The molecule has 0 fully saturated rings. The van der Waals surface area contributed by atoms with Crippen molar-refractivity contribution in [3.8, 4) is 0 Å². The maximum Gasteiger partial charge on any atom is 0.224 e. The molecule has 0 bridgehead atoms. The van der Waals surface area contributed by atoms with Crippen molar-refractivity contribution in [2.24, 2.45) is 5.41 Å². The molecule has 31 heavy (non-hydrogen) atoms. The number of amides is 2. The third-order valence-electron chi connectivity index (χ3n) is 4.60. The fourth-order valence-electron chi connectivity index (χ4n) is 3.32. The molecule has 2 aromatic heterocycles. The Hall–Kier alpha value is -2.14. The number of benzene rings is 2. The van der Waals surface area contributed by atoms with Crippen molar-refractivity contribution in [2.75, 3.05) is 10.6 Å². The SMILES string of the molecule is CC(C)(CC(=O)Nc1ccc2nc(S)sc2c1)CC(=O)Nc1ccc2nc(S)sc2c1. The average molecular weight is 489 g/mol. The lowest BCUT2D eigenvalue weighted by Gasteiger charge is -2.23. The van der Waals surface area contributed by atoms with Crippen molar-refractivity contribution < 1.29 is 9.59 Å². The number of aromatic nitrogens is 2. The molecule has 4 rings (SSSR count). The number of carbonyl (C=O) groups excluding carboxylic acids is 2. The topological polar surface area (TPSA) is 84.0 Å². The van der Waals surface area contributed by atoms with Gasteiger partial charge in [-0.3, -0.25) is 9.59 Å². The van der Waals surface area contributed by atoms with Gasteiger partial charge in [0.1, 0.15) is 8.68 Å².